The number of rotatable bonds is 5. The van der Waals surface area contributed by atoms with Crippen molar-refractivity contribution in [2.45, 2.75) is 20.8 Å². The lowest BCUT2D eigenvalue weighted by atomic mass is 10.1. The summed E-state index contributed by atoms with van der Waals surface area (Å²) in [4.78, 5) is 2.18. The van der Waals surface area contributed by atoms with Gasteiger partial charge in [0.1, 0.15) is 12.1 Å². The van der Waals surface area contributed by atoms with E-state index in [-0.39, 0.29) is 5.71 Å². The Labute approximate surface area is 113 Å². The molecule has 0 saturated carbocycles. The molecule has 0 atom stereocenters. The second-order valence-corrected chi connectivity index (χ2v) is 3.99. The number of aryl methyl sites for hydroxylation is 1. The first-order chi connectivity index (χ1) is 9.15. The lowest BCUT2D eigenvalue weighted by Crippen LogP contribution is -2.22. The number of nitriles is 2. The second-order valence-electron chi connectivity index (χ2n) is 3.99. The highest BCUT2D eigenvalue weighted by Crippen LogP contribution is 2.27. The monoisotopic (exact) mass is 255 g/mol. The molecule has 0 amide bonds. The lowest BCUT2D eigenvalue weighted by molar-refractivity contribution is 0.866. The summed E-state index contributed by atoms with van der Waals surface area (Å²) in [5, 5.41) is 21.2. The van der Waals surface area contributed by atoms with Crippen LogP contribution in [0.3, 0.4) is 0 Å². The fraction of sp³-hybridized carbons (Fsp3) is 0.357. The standard InChI is InChI=1S/C14H17N5/c1-4-19(5-2)14-7-6-11(3)8-13(14)18-17-12(9-15)10-16/h6-8,18H,4-5H2,1-3H3. The van der Waals surface area contributed by atoms with Crippen molar-refractivity contribution in [3.05, 3.63) is 23.8 Å². The number of benzene rings is 1. The van der Waals surface area contributed by atoms with Crippen LogP contribution >= 0.6 is 0 Å². The number of hydrogen-bond acceptors (Lipinski definition) is 5. The highest BCUT2D eigenvalue weighted by molar-refractivity contribution is 6.10. The Balaban J connectivity index is 3.12. The van der Waals surface area contributed by atoms with Crippen molar-refractivity contribution in [2.75, 3.05) is 23.4 Å². The molecule has 5 nitrogen and oxygen atoms in total. The third kappa shape index (κ3) is 3.72. The van der Waals surface area contributed by atoms with E-state index in [2.05, 4.69) is 29.3 Å². The fourth-order valence-corrected chi connectivity index (χ4v) is 1.77. The van der Waals surface area contributed by atoms with Gasteiger partial charge in [-0.2, -0.15) is 15.6 Å². The van der Waals surface area contributed by atoms with E-state index in [4.69, 9.17) is 10.5 Å². The molecule has 0 aliphatic heterocycles. The first-order valence-corrected chi connectivity index (χ1v) is 6.15. The van der Waals surface area contributed by atoms with Crippen LogP contribution in [0.15, 0.2) is 23.3 Å². The molecular weight excluding hydrogens is 238 g/mol. The number of hydrazone groups is 1. The Kier molecular flexibility index (Phi) is 5.37. The van der Waals surface area contributed by atoms with Crippen LogP contribution < -0.4 is 10.3 Å². The maximum atomic E-state index is 8.68. The van der Waals surface area contributed by atoms with Crippen molar-refractivity contribution >= 4 is 17.1 Å². The number of nitrogens with zero attached hydrogens (tertiary/aromatic N) is 4. The van der Waals surface area contributed by atoms with Gasteiger partial charge in [-0.05, 0) is 38.5 Å². The van der Waals surface area contributed by atoms with Gasteiger partial charge in [0.2, 0.25) is 5.71 Å². The molecule has 1 rings (SSSR count). The largest absolute Gasteiger partial charge is 0.370 e. The van der Waals surface area contributed by atoms with Crippen LogP contribution in [0, 0.1) is 29.6 Å². The lowest BCUT2D eigenvalue weighted by Gasteiger charge is -2.24. The fourth-order valence-electron chi connectivity index (χ4n) is 1.77. The molecule has 0 radical (unpaired) electrons. The predicted octanol–water partition coefficient (Wildman–Crippen LogP) is 2.66. The maximum Gasteiger partial charge on any atom is 0.237 e. The predicted molar refractivity (Wildman–Crippen MR) is 77.0 cm³/mol. The maximum absolute atomic E-state index is 8.68. The molecule has 98 valence electrons. The molecule has 5 heteroatoms. The summed E-state index contributed by atoms with van der Waals surface area (Å²) in [5.41, 5.74) is 5.51. The van der Waals surface area contributed by atoms with E-state index in [1.54, 1.807) is 12.1 Å². The Morgan fingerprint density at radius 1 is 1.26 bits per heavy atom. The van der Waals surface area contributed by atoms with E-state index in [9.17, 15) is 0 Å². The Hall–Kier alpha value is -2.53. The molecule has 19 heavy (non-hydrogen) atoms. The third-order valence-corrected chi connectivity index (χ3v) is 2.76. The normalized spacial score (nSPS) is 9.11. The van der Waals surface area contributed by atoms with Crippen molar-refractivity contribution in [2.24, 2.45) is 5.10 Å². The molecule has 1 aromatic rings. The Morgan fingerprint density at radius 3 is 2.42 bits per heavy atom. The minimum absolute atomic E-state index is 0.188. The number of hydrogen-bond donors (Lipinski definition) is 1. The molecule has 0 aromatic heterocycles. The first-order valence-electron chi connectivity index (χ1n) is 6.15. The quantitative estimate of drug-likeness (QED) is 0.648. The Bertz CT molecular complexity index is 528. The molecule has 0 aliphatic carbocycles. The second kappa shape index (κ2) is 7.03. The SMILES string of the molecule is CCN(CC)c1ccc(C)cc1NN=C(C#N)C#N. The summed E-state index contributed by atoms with van der Waals surface area (Å²) in [7, 11) is 0. The van der Waals surface area contributed by atoms with E-state index >= 15 is 0 Å². The van der Waals surface area contributed by atoms with Gasteiger partial charge in [0.05, 0.1) is 11.4 Å². The average molecular weight is 255 g/mol. The van der Waals surface area contributed by atoms with Gasteiger partial charge in [0, 0.05) is 13.1 Å². The summed E-state index contributed by atoms with van der Waals surface area (Å²) in [6, 6.07) is 9.44. The summed E-state index contributed by atoms with van der Waals surface area (Å²) < 4.78 is 0. The molecule has 0 heterocycles. The van der Waals surface area contributed by atoms with E-state index in [0.717, 1.165) is 30.0 Å². The average Bonchev–Trinajstić information content (AvgIpc) is 2.43. The smallest absolute Gasteiger partial charge is 0.237 e. The molecule has 0 unspecified atom stereocenters. The van der Waals surface area contributed by atoms with Gasteiger partial charge < -0.3 is 4.90 Å². The van der Waals surface area contributed by atoms with Crippen LogP contribution in [-0.4, -0.2) is 18.8 Å². The van der Waals surface area contributed by atoms with Gasteiger partial charge in [0.25, 0.3) is 0 Å². The zero-order valence-corrected chi connectivity index (χ0v) is 11.4. The minimum Gasteiger partial charge on any atom is -0.370 e. The van der Waals surface area contributed by atoms with Crippen molar-refractivity contribution in [1.82, 2.24) is 0 Å². The van der Waals surface area contributed by atoms with E-state index in [0.29, 0.717) is 0 Å². The summed E-state index contributed by atoms with van der Waals surface area (Å²) >= 11 is 0. The summed E-state index contributed by atoms with van der Waals surface area (Å²) in [6.45, 7) is 7.89. The Morgan fingerprint density at radius 2 is 1.89 bits per heavy atom. The van der Waals surface area contributed by atoms with Crippen molar-refractivity contribution in [1.29, 1.82) is 10.5 Å². The zero-order valence-electron chi connectivity index (χ0n) is 11.4. The van der Waals surface area contributed by atoms with Gasteiger partial charge in [-0.3, -0.25) is 5.43 Å². The molecule has 1 aromatic carbocycles. The number of anilines is 2. The van der Waals surface area contributed by atoms with Crippen LogP contribution in [0.5, 0.6) is 0 Å². The zero-order chi connectivity index (χ0) is 14.3. The molecule has 0 saturated heterocycles. The topological polar surface area (TPSA) is 75.2 Å². The van der Waals surface area contributed by atoms with E-state index in [1.165, 1.54) is 0 Å². The van der Waals surface area contributed by atoms with Crippen LogP contribution in [0.25, 0.3) is 0 Å². The van der Waals surface area contributed by atoms with Gasteiger partial charge in [0.15, 0.2) is 0 Å². The highest BCUT2D eigenvalue weighted by Gasteiger charge is 2.08. The van der Waals surface area contributed by atoms with Gasteiger partial charge in [-0.25, -0.2) is 0 Å². The molecule has 0 spiro atoms. The summed E-state index contributed by atoms with van der Waals surface area (Å²) in [5.74, 6) is 0. The van der Waals surface area contributed by atoms with Crippen LogP contribution in [0.2, 0.25) is 0 Å². The van der Waals surface area contributed by atoms with Crippen molar-refractivity contribution < 1.29 is 0 Å². The van der Waals surface area contributed by atoms with Crippen molar-refractivity contribution in [3.8, 4) is 12.1 Å². The van der Waals surface area contributed by atoms with E-state index in [1.807, 2.05) is 25.1 Å². The molecule has 0 bridgehead atoms. The third-order valence-electron chi connectivity index (χ3n) is 2.76. The number of nitrogens with one attached hydrogen (secondary N) is 1. The van der Waals surface area contributed by atoms with Gasteiger partial charge >= 0.3 is 0 Å². The van der Waals surface area contributed by atoms with Crippen LogP contribution in [0.4, 0.5) is 11.4 Å². The molecule has 0 fully saturated rings. The van der Waals surface area contributed by atoms with E-state index < -0.39 is 0 Å². The van der Waals surface area contributed by atoms with Crippen LogP contribution in [-0.2, 0) is 0 Å². The van der Waals surface area contributed by atoms with Gasteiger partial charge in [-0.1, -0.05) is 6.07 Å². The first kappa shape index (κ1) is 14.5. The van der Waals surface area contributed by atoms with Gasteiger partial charge in [-0.15, -0.1) is 0 Å². The van der Waals surface area contributed by atoms with Crippen molar-refractivity contribution in [3.63, 3.8) is 0 Å². The molecule has 0 aliphatic rings. The van der Waals surface area contributed by atoms with Crippen LogP contribution in [0.1, 0.15) is 19.4 Å². The molecular formula is C14H17N5. The molecule has 1 N–H and O–H groups in total. The highest BCUT2D eigenvalue weighted by atomic mass is 15.3. The summed E-state index contributed by atoms with van der Waals surface area (Å²) in [6.07, 6.45) is 0. The minimum atomic E-state index is -0.188.